The van der Waals surface area contributed by atoms with E-state index in [-0.39, 0.29) is 11.6 Å². The number of benzene rings is 1. The third kappa shape index (κ3) is 4.48. The first-order valence-corrected chi connectivity index (χ1v) is 10.3. The average molecular weight is 447 g/mol. The summed E-state index contributed by atoms with van der Waals surface area (Å²) in [4.78, 5) is 24.8. The molecule has 0 saturated carbocycles. The van der Waals surface area contributed by atoms with Crippen LogP contribution in [-0.2, 0) is 14.3 Å². The Labute approximate surface area is 186 Å². The fourth-order valence-corrected chi connectivity index (χ4v) is 4.30. The molecular formula is C23H29NO8. The van der Waals surface area contributed by atoms with E-state index in [0.29, 0.717) is 33.9 Å². The smallest absolute Gasteiger partial charge is 0.229 e. The van der Waals surface area contributed by atoms with Crippen LogP contribution in [0, 0.1) is 0 Å². The number of hydrogen-bond acceptors (Lipinski definition) is 9. The van der Waals surface area contributed by atoms with E-state index in [2.05, 4.69) is 5.32 Å². The minimum atomic E-state index is -1.54. The highest BCUT2D eigenvalue weighted by atomic mass is 16.7. The number of carbonyl (C=O) groups is 2. The number of dihydropyridines is 1. The number of rotatable bonds is 6. The number of aliphatic hydroxyl groups is 4. The molecule has 0 spiro atoms. The number of ether oxygens (including phenoxy) is 2. The average Bonchev–Trinajstić information content (AvgIpc) is 2.73. The molecule has 0 unspecified atom stereocenters. The first-order valence-electron chi connectivity index (χ1n) is 10.3. The first-order chi connectivity index (χ1) is 15.1. The number of allylic oxidation sites excluding steroid dienone is 4. The Hall–Kier alpha value is -2.56. The molecule has 1 fully saturated rings. The molecular weight excluding hydrogens is 418 g/mol. The highest BCUT2D eigenvalue weighted by molar-refractivity contribution is 6.03. The number of Topliss-reactive ketones (excluding diaryl/α,β-unsaturated/α-hetero) is 2. The van der Waals surface area contributed by atoms with Crippen LogP contribution in [0.1, 0.15) is 39.2 Å². The molecule has 5 N–H and O–H groups in total. The van der Waals surface area contributed by atoms with Crippen LogP contribution in [0.2, 0.25) is 0 Å². The van der Waals surface area contributed by atoms with E-state index in [1.807, 2.05) is 0 Å². The summed E-state index contributed by atoms with van der Waals surface area (Å²) in [5.41, 5.74) is 3.09. The van der Waals surface area contributed by atoms with E-state index in [0.717, 1.165) is 0 Å². The van der Waals surface area contributed by atoms with Gasteiger partial charge < -0.3 is 35.2 Å². The SMILES string of the molecule is CC(=O)C1=C(C)NC(C)=C(C(C)=O)C1c1ccc(O[C@@H]2O[C@H](CO)[C@@H](O)[C@@H](O)[C@H]2O)cc1. The lowest BCUT2D eigenvalue weighted by Crippen LogP contribution is -2.60. The van der Waals surface area contributed by atoms with Gasteiger partial charge in [0.25, 0.3) is 0 Å². The van der Waals surface area contributed by atoms with Gasteiger partial charge in [0.15, 0.2) is 11.6 Å². The van der Waals surface area contributed by atoms with Crippen molar-refractivity contribution in [3.8, 4) is 5.75 Å². The molecule has 0 radical (unpaired) electrons. The van der Waals surface area contributed by atoms with Gasteiger partial charge in [-0.25, -0.2) is 0 Å². The number of nitrogens with one attached hydrogen (secondary N) is 1. The van der Waals surface area contributed by atoms with Crippen molar-refractivity contribution in [2.24, 2.45) is 0 Å². The number of aliphatic hydroxyl groups excluding tert-OH is 4. The Balaban J connectivity index is 1.89. The zero-order chi connectivity index (χ0) is 23.7. The van der Waals surface area contributed by atoms with Crippen LogP contribution in [0.25, 0.3) is 0 Å². The molecule has 2 heterocycles. The summed E-state index contributed by atoms with van der Waals surface area (Å²) < 4.78 is 11.0. The summed E-state index contributed by atoms with van der Waals surface area (Å²) in [6, 6.07) is 6.61. The molecule has 1 aromatic carbocycles. The molecule has 0 amide bonds. The summed E-state index contributed by atoms with van der Waals surface area (Å²) in [5.74, 6) is -0.532. The van der Waals surface area contributed by atoms with Crippen LogP contribution in [0.5, 0.6) is 5.75 Å². The van der Waals surface area contributed by atoms with Crippen LogP contribution in [0.4, 0.5) is 0 Å². The van der Waals surface area contributed by atoms with Gasteiger partial charge in [0.1, 0.15) is 30.2 Å². The van der Waals surface area contributed by atoms with Gasteiger partial charge in [0, 0.05) is 28.5 Å². The van der Waals surface area contributed by atoms with Gasteiger partial charge in [-0.2, -0.15) is 0 Å². The molecule has 9 heteroatoms. The third-order valence-corrected chi connectivity index (χ3v) is 5.83. The monoisotopic (exact) mass is 447 g/mol. The standard InChI is InChI=1S/C23H29NO8/c1-10-17(12(3)26)19(18(13(4)27)11(2)24-10)14-5-7-15(8-6-14)31-23-22(30)21(29)20(28)16(9-25)32-23/h5-8,16,19-25,28-30H,9H2,1-4H3/t16-,20-,21-,22-,23-/m1/s1. The van der Waals surface area contributed by atoms with E-state index < -0.39 is 43.2 Å². The van der Waals surface area contributed by atoms with Crippen molar-refractivity contribution in [3.05, 3.63) is 52.4 Å². The van der Waals surface area contributed by atoms with Crippen molar-refractivity contribution in [2.45, 2.75) is 64.3 Å². The minimum Gasteiger partial charge on any atom is -0.462 e. The van der Waals surface area contributed by atoms with Crippen molar-refractivity contribution in [2.75, 3.05) is 6.61 Å². The van der Waals surface area contributed by atoms with Crippen molar-refractivity contribution >= 4 is 11.6 Å². The van der Waals surface area contributed by atoms with Crippen LogP contribution < -0.4 is 10.1 Å². The van der Waals surface area contributed by atoms with E-state index in [9.17, 15) is 30.0 Å². The lowest BCUT2D eigenvalue weighted by molar-refractivity contribution is -0.277. The Morgan fingerprint density at radius 2 is 1.47 bits per heavy atom. The number of carbonyl (C=O) groups excluding carboxylic acids is 2. The summed E-state index contributed by atoms with van der Waals surface area (Å²) in [7, 11) is 0. The maximum Gasteiger partial charge on any atom is 0.229 e. The van der Waals surface area contributed by atoms with Gasteiger partial charge in [-0.05, 0) is 45.4 Å². The fourth-order valence-electron chi connectivity index (χ4n) is 4.30. The quantitative estimate of drug-likeness (QED) is 0.415. The minimum absolute atomic E-state index is 0.145. The molecule has 0 aromatic heterocycles. The van der Waals surface area contributed by atoms with Crippen molar-refractivity contribution in [1.82, 2.24) is 5.32 Å². The van der Waals surface area contributed by atoms with Gasteiger partial charge in [0.05, 0.1) is 6.61 Å². The van der Waals surface area contributed by atoms with Crippen molar-refractivity contribution in [1.29, 1.82) is 0 Å². The first kappa shape index (κ1) is 24.1. The van der Waals surface area contributed by atoms with Gasteiger partial charge in [0.2, 0.25) is 6.29 Å². The predicted octanol–water partition coefficient (Wildman–Crippen LogP) is 0.278. The Kier molecular flexibility index (Phi) is 7.16. The highest BCUT2D eigenvalue weighted by Gasteiger charge is 2.44. The Bertz CT molecular complexity index is 913. The predicted molar refractivity (Wildman–Crippen MR) is 113 cm³/mol. The second-order valence-electron chi connectivity index (χ2n) is 8.13. The molecule has 32 heavy (non-hydrogen) atoms. The van der Waals surface area contributed by atoms with E-state index in [4.69, 9.17) is 9.47 Å². The molecule has 1 saturated heterocycles. The van der Waals surface area contributed by atoms with Crippen LogP contribution in [0.3, 0.4) is 0 Å². The van der Waals surface area contributed by atoms with E-state index in [1.165, 1.54) is 13.8 Å². The van der Waals surface area contributed by atoms with Crippen LogP contribution >= 0.6 is 0 Å². The zero-order valence-corrected chi connectivity index (χ0v) is 18.4. The Morgan fingerprint density at radius 1 is 0.938 bits per heavy atom. The summed E-state index contributed by atoms with van der Waals surface area (Å²) in [5, 5.41) is 42.4. The maximum absolute atomic E-state index is 12.4. The van der Waals surface area contributed by atoms with Gasteiger partial charge in [-0.1, -0.05) is 12.1 Å². The number of ketones is 2. The maximum atomic E-state index is 12.4. The fraction of sp³-hybridized carbons (Fsp3) is 0.478. The highest BCUT2D eigenvalue weighted by Crippen LogP contribution is 2.39. The third-order valence-electron chi connectivity index (χ3n) is 5.83. The normalized spacial score (nSPS) is 29.1. The van der Waals surface area contributed by atoms with Gasteiger partial charge in [-0.15, -0.1) is 0 Å². The summed E-state index contributed by atoms with van der Waals surface area (Å²) in [6.07, 6.45) is -6.93. The molecule has 9 nitrogen and oxygen atoms in total. The largest absolute Gasteiger partial charge is 0.462 e. The molecule has 2 aliphatic heterocycles. The molecule has 2 aliphatic rings. The van der Waals surface area contributed by atoms with Crippen molar-refractivity contribution in [3.63, 3.8) is 0 Å². The molecule has 1 aromatic rings. The number of hydrogen-bond donors (Lipinski definition) is 5. The molecule has 0 aliphatic carbocycles. The topological polar surface area (TPSA) is 146 Å². The molecule has 5 atom stereocenters. The van der Waals surface area contributed by atoms with Gasteiger partial charge >= 0.3 is 0 Å². The van der Waals surface area contributed by atoms with Crippen molar-refractivity contribution < 1.29 is 39.5 Å². The van der Waals surface area contributed by atoms with Crippen LogP contribution in [0.15, 0.2) is 46.8 Å². The van der Waals surface area contributed by atoms with Crippen LogP contribution in [-0.4, -0.2) is 69.3 Å². The lowest BCUT2D eigenvalue weighted by atomic mass is 9.78. The molecule has 0 bridgehead atoms. The summed E-state index contributed by atoms with van der Waals surface area (Å²) in [6.45, 7) is 5.95. The summed E-state index contributed by atoms with van der Waals surface area (Å²) >= 11 is 0. The molecule has 174 valence electrons. The Morgan fingerprint density at radius 3 is 1.94 bits per heavy atom. The molecule has 3 rings (SSSR count). The second kappa shape index (κ2) is 9.51. The van der Waals surface area contributed by atoms with E-state index >= 15 is 0 Å². The second-order valence-corrected chi connectivity index (χ2v) is 8.13. The van der Waals surface area contributed by atoms with Gasteiger partial charge in [-0.3, -0.25) is 9.59 Å². The zero-order valence-electron chi connectivity index (χ0n) is 18.4. The van der Waals surface area contributed by atoms with E-state index in [1.54, 1.807) is 38.1 Å². The lowest BCUT2D eigenvalue weighted by Gasteiger charge is -2.39.